The molecule has 0 aliphatic heterocycles. The highest BCUT2D eigenvalue weighted by Gasteiger charge is 2.34. The molecule has 0 saturated carbocycles. The molecule has 1 unspecified atom stereocenters. The van der Waals surface area contributed by atoms with E-state index in [9.17, 15) is 19.5 Å². The van der Waals surface area contributed by atoms with Gasteiger partial charge in [-0.3, -0.25) is 14.5 Å². The number of amides is 2. The van der Waals surface area contributed by atoms with Crippen LogP contribution in [0, 0.1) is 0 Å². The maximum atomic E-state index is 13.1. The molecule has 3 rings (SSSR count). The molecule has 0 aliphatic rings. The highest BCUT2D eigenvalue weighted by molar-refractivity contribution is 6.00. The highest BCUT2D eigenvalue weighted by Crippen LogP contribution is 2.15. The minimum absolute atomic E-state index is 0.0417. The summed E-state index contributed by atoms with van der Waals surface area (Å²) in [5.74, 6) is -2.25. The van der Waals surface area contributed by atoms with Crippen LogP contribution in [0.4, 0.5) is 0 Å². The normalized spacial score (nSPS) is 11.5. The second-order valence-electron chi connectivity index (χ2n) is 7.03. The Labute approximate surface area is 175 Å². The number of aliphatic carboxylic acids is 1. The molecule has 0 radical (unpaired) electrons. The summed E-state index contributed by atoms with van der Waals surface area (Å²) in [5, 5.41) is 9.89. The van der Waals surface area contributed by atoms with Crippen LogP contribution in [0.2, 0.25) is 0 Å². The van der Waals surface area contributed by atoms with Gasteiger partial charge in [-0.1, -0.05) is 91.0 Å². The zero-order valence-corrected chi connectivity index (χ0v) is 16.5. The van der Waals surface area contributed by atoms with Gasteiger partial charge in [-0.2, -0.15) is 0 Å². The number of nitrogens with zero attached hydrogens (tertiary/aromatic N) is 1. The Hall–Kier alpha value is -3.73. The monoisotopic (exact) mass is 401 g/mol. The van der Waals surface area contributed by atoms with Gasteiger partial charge in [0.1, 0.15) is 6.04 Å². The lowest BCUT2D eigenvalue weighted by Gasteiger charge is -2.28. The Morgan fingerprint density at radius 2 is 1.00 bits per heavy atom. The average molecular weight is 401 g/mol. The molecule has 1 atom stereocenters. The number of carbonyl (C=O) groups is 3. The fourth-order valence-corrected chi connectivity index (χ4v) is 3.32. The second-order valence-corrected chi connectivity index (χ2v) is 7.03. The van der Waals surface area contributed by atoms with Crippen LogP contribution in [0.3, 0.4) is 0 Å². The molecular weight excluding hydrogens is 378 g/mol. The molecule has 0 bridgehead atoms. The molecule has 3 aromatic rings. The Kier molecular flexibility index (Phi) is 7.11. The molecule has 0 spiro atoms. The smallest absolute Gasteiger partial charge is 0.327 e. The summed E-state index contributed by atoms with van der Waals surface area (Å²) in [6.45, 7) is 0. The van der Waals surface area contributed by atoms with Gasteiger partial charge in [0.2, 0.25) is 11.8 Å². The van der Waals surface area contributed by atoms with E-state index in [0.29, 0.717) is 0 Å². The topological polar surface area (TPSA) is 74.7 Å². The lowest BCUT2D eigenvalue weighted by molar-refractivity contribution is -0.157. The van der Waals surface area contributed by atoms with Gasteiger partial charge < -0.3 is 5.11 Å². The van der Waals surface area contributed by atoms with Gasteiger partial charge in [0.05, 0.1) is 12.8 Å². The zero-order valence-electron chi connectivity index (χ0n) is 16.5. The molecule has 0 saturated heterocycles. The van der Waals surface area contributed by atoms with E-state index in [2.05, 4.69) is 0 Å². The summed E-state index contributed by atoms with van der Waals surface area (Å²) in [6, 6.07) is 25.7. The summed E-state index contributed by atoms with van der Waals surface area (Å²) in [6.07, 6.45) is -0.0306. The van der Waals surface area contributed by atoms with Crippen LogP contribution in [0.25, 0.3) is 0 Å². The first-order valence-electron chi connectivity index (χ1n) is 9.74. The van der Waals surface area contributed by atoms with Crippen molar-refractivity contribution in [3.05, 3.63) is 108 Å². The number of imide groups is 1. The first kappa shape index (κ1) is 21.0. The van der Waals surface area contributed by atoms with Crippen molar-refractivity contribution >= 4 is 17.8 Å². The molecule has 5 heteroatoms. The third-order valence-electron chi connectivity index (χ3n) is 4.80. The number of rotatable bonds is 8. The maximum absolute atomic E-state index is 13.1. The van der Waals surface area contributed by atoms with Crippen molar-refractivity contribution in [1.29, 1.82) is 0 Å². The van der Waals surface area contributed by atoms with Gasteiger partial charge in [0.15, 0.2) is 0 Å². The Bertz CT molecular complexity index is 934. The standard InChI is InChI=1S/C25H23NO4/c27-23(17-20-12-6-2-7-13-20)26(24(28)18-21-14-8-3-9-15-21)22(25(29)30)16-19-10-4-1-5-11-19/h1-15,22H,16-18H2,(H,29,30). The zero-order chi connectivity index (χ0) is 21.3. The van der Waals surface area contributed by atoms with Crippen LogP contribution in [-0.4, -0.2) is 33.8 Å². The van der Waals surface area contributed by atoms with E-state index < -0.39 is 23.8 Å². The van der Waals surface area contributed by atoms with Crippen molar-refractivity contribution in [2.24, 2.45) is 0 Å². The van der Waals surface area contributed by atoms with Crippen LogP contribution in [0.15, 0.2) is 91.0 Å². The lowest BCUT2D eigenvalue weighted by Crippen LogP contribution is -2.51. The fraction of sp³-hybridized carbons (Fsp3) is 0.160. The first-order valence-corrected chi connectivity index (χ1v) is 9.74. The van der Waals surface area contributed by atoms with E-state index in [1.54, 1.807) is 72.8 Å². The van der Waals surface area contributed by atoms with Crippen molar-refractivity contribution in [3.63, 3.8) is 0 Å². The molecular formula is C25H23NO4. The van der Waals surface area contributed by atoms with Crippen LogP contribution >= 0.6 is 0 Å². The SMILES string of the molecule is O=C(O)C(Cc1ccccc1)N(C(=O)Cc1ccccc1)C(=O)Cc1ccccc1. The second kappa shape index (κ2) is 10.2. The molecule has 0 heterocycles. The van der Waals surface area contributed by atoms with Crippen LogP contribution in [0.5, 0.6) is 0 Å². The number of carboxylic acids is 1. The molecule has 3 aromatic carbocycles. The third-order valence-corrected chi connectivity index (χ3v) is 4.80. The van der Waals surface area contributed by atoms with Gasteiger partial charge in [0.25, 0.3) is 0 Å². The molecule has 1 N–H and O–H groups in total. The fourth-order valence-electron chi connectivity index (χ4n) is 3.32. The van der Waals surface area contributed by atoms with Crippen molar-refractivity contribution in [3.8, 4) is 0 Å². The first-order chi connectivity index (χ1) is 14.5. The van der Waals surface area contributed by atoms with Crippen molar-refractivity contribution in [1.82, 2.24) is 4.90 Å². The third kappa shape index (κ3) is 5.64. The van der Waals surface area contributed by atoms with E-state index in [-0.39, 0.29) is 19.3 Å². The van der Waals surface area contributed by atoms with Gasteiger partial charge >= 0.3 is 5.97 Å². The quantitative estimate of drug-likeness (QED) is 0.627. The largest absolute Gasteiger partial charge is 0.480 e. The summed E-state index contributed by atoms with van der Waals surface area (Å²) in [5.41, 5.74) is 2.20. The molecule has 0 fully saturated rings. The Morgan fingerprint density at radius 3 is 1.37 bits per heavy atom. The molecule has 0 aliphatic carbocycles. The van der Waals surface area contributed by atoms with Gasteiger partial charge in [0, 0.05) is 6.42 Å². The van der Waals surface area contributed by atoms with Gasteiger partial charge in [-0.05, 0) is 16.7 Å². The van der Waals surface area contributed by atoms with E-state index in [0.717, 1.165) is 21.6 Å². The molecule has 2 amide bonds. The van der Waals surface area contributed by atoms with Crippen LogP contribution < -0.4 is 0 Å². The average Bonchev–Trinajstić information content (AvgIpc) is 2.75. The van der Waals surface area contributed by atoms with E-state index >= 15 is 0 Å². The maximum Gasteiger partial charge on any atom is 0.327 e. The summed E-state index contributed by atoms with van der Waals surface area (Å²) < 4.78 is 0. The number of hydrogen-bond donors (Lipinski definition) is 1. The Morgan fingerprint density at radius 1 is 0.633 bits per heavy atom. The minimum atomic E-state index is -1.28. The van der Waals surface area contributed by atoms with E-state index in [4.69, 9.17) is 0 Å². The van der Waals surface area contributed by atoms with Crippen molar-refractivity contribution in [2.75, 3.05) is 0 Å². The molecule has 30 heavy (non-hydrogen) atoms. The highest BCUT2D eigenvalue weighted by atomic mass is 16.4. The lowest BCUT2D eigenvalue weighted by atomic mass is 10.0. The van der Waals surface area contributed by atoms with E-state index in [1.807, 2.05) is 18.2 Å². The number of hydrogen-bond acceptors (Lipinski definition) is 3. The van der Waals surface area contributed by atoms with Gasteiger partial charge in [-0.15, -0.1) is 0 Å². The predicted molar refractivity (Wildman–Crippen MR) is 114 cm³/mol. The van der Waals surface area contributed by atoms with Crippen LogP contribution in [-0.2, 0) is 33.6 Å². The summed E-state index contributed by atoms with van der Waals surface area (Å²) >= 11 is 0. The van der Waals surface area contributed by atoms with Crippen LogP contribution in [0.1, 0.15) is 16.7 Å². The predicted octanol–water partition coefficient (Wildman–Crippen LogP) is 3.52. The number of carboxylic acid groups (broad SMARTS) is 1. The molecule has 0 aromatic heterocycles. The van der Waals surface area contributed by atoms with E-state index in [1.165, 1.54) is 0 Å². The van der Waals surface area contributed by atoms with Crippen molar-refractivity contribution in [2.45, 2.75) is 25.3 Å². The molecule has 5 nitrogen and oxygen atoms in total. The minimum Gasteiger partial charge on any atom is -0.480 e. The molecule has 152 valence electrons. The van der Waals surface area contributed by atoms with Crippen molar-refractivity contribution < 1.29 is 19.5 Å². The summed E-state index contributed by atoms with van der Waals surface area (Å²) in [4.78, 5) is 39.3. The summed E-state index contributed by atoms with van der Waals surface area (Å²) in [7, 11) is 0. The number of benzene rings is 3. The number of carbonyl (C=O) groups excluding carboxylic acids is 2. The Balaban J connectivity index is 1.90. The van der Waals surface area contributed by atoms with Gasteiger partial charge in [-0.25, -0.2) is 4.79 Å².